The lowest BCUT2D eigenvalue weighted by Gasteiger charge is -2.20. The predicted octanol–water partition coefficient (Wildman–Crippen LogP) is 5.29. The first kappa shape index (κ1) is 21.6. The topological polar surface area (TPSA) is 84.5 Å². The number of nitrogens with zero attached hydrogens (tertiary/aromatic N) is 2. The molecule has 4 rings (SSSR count). The first-order chi connectivity index (χ1) is 15.4. The van der Waals surface area contributed by atoms with Crippen LogP contribution in [0.4, 0.5) is 10.8 Å². The molecular formula is C24H23N3O4S. The number of carbonyl (C=O) groups excluding carboxylic acids is 2. The Bertz CT molecular complexity index is 1310. The van der Waals surface area contributed by atoms with Gasteiger partial charge in [-0.05, 0) is 49.7 Å². The van der Waals surface area contributed by atoms with Crippen molar-refractivity contribution >= 4 is 44.9 Å². The molecule has 0 unspecified atom stereocenters. The average molecular weight is 450 g/mol. The minimum atomic E-state index is -0.423. The molecule has 0 aliphatic rings. The number of aromatic amines is 1. The molecule has 2 aromatic heterocycles. The van der Waals surface area contributed by atoms with Gasteiger partial charge < -0.3 is 14.5 Å². The number of H-pyrrole nitrogens is 1. The number of esters is 1. The van der Waals surface area contributed by atoms with E-state index in [-0.39, 0.29) is 12.5 Å². The van der Waals surface area contributed by atoms with Gasteiger partial charge in [-0.2, -0.15) is 0 Å². The molecule has 0 radical (unpaired) electrons. The van der Waals surface area contributed by atoms with E-state index < -0.39 is 5.97 Å². The van der Waals surface area contributed by atoms with E-state index in [0.29, 0.717) is 27.8 Å². The van der Waals surface area contributed by atoms with Crippen LogP contribution in [-0.4, -0.2) is 29.0 Å². The van der Waals surface area contributed by atoms with Crippen LogP contribution >= 0.6 is 11.3 Å². The zero-order chi connectivity index (χ0) is 22.8. The second-order valence-corrected chi connectivity index (χ2v) is 8.20. The van der Waals surface area contributed by atoms with Gasteiger partial charge in [-0.25, -0.2) is 9.78 Å². The summed E-state index contributed by atoms with van der Waals surface area (Å²) in [4.78, 5) is 34.2. The van der Waals surface area contributed by atoms with Crippen LogP contribution in [0.5, 0.6) is 5.75 Å². The molecule has 0 saturated carbocycles. The van der Waals surface area contributed by atoms with E-state index >= 15 is 0 Å². The fourth-order valence-electron chi connectivity index (χ4n) is 3.50. The van der Waals surface area contributed by atoms with Crippen molar-refractivity contribution in [1.29, 1.82) is 0 Å². The zero-order valence-electron chi connectivity index (χ0n) is 18.3. The van der Waals surface area contributed by atoms with Gasteiger partial charge in [-0.3, -0.25) is 9.69 Å². The smallest absolute Gasteiger partial charge is 0.338 e. The van der Waals surface area contributed by atoms with Gasteiger partial charge in [0.25, 0.3) is 0 Å². The summed E-state index contributed by atoms with van der Waals surface area (Å²) >= 11 is 1.30. The fourth-order valence-corrected chi connectivity index (χ4v) is 4.36. The minimum Gasteiger partial charge on any atom is -0.495 e. The van der Waals surface area contributed by atoms with Gasteiger partial charge in [0.1, 0.15) is 12.4 Å². The minimum absolute atomic E-state index is 0.0101. The molecule has 1 amide bonds. The van der Waals surface area contributed by atoms with E-state index in [1.54, 1.807) is 30.7 Å². The van der Waals surface area contributed by atoms with Crippen LogP contribution in [-0.2, 0) is 16.1 Å². The molecule has 0 bridgehead atoms. The van der Waals surface area contributed by atoms with E-state index in [0.717, 1.165) is 22.2 Å². The number of rotatable bonds is 6. The molecule has 7 nitrogen and oxygen atoms in total. The molecule has 0 spiro atoms. The van der Waals surface area contributed by atoms with Gasteiger partial charge in [0.05, 0.1) is 24.1 Å². The lowest BCUT2D eigenvalue weighted by molar-refractivity contribution is -0.115. The van der Waals surface area contributed by atoms with Crippen molar-refractivity contribution in [1.82, 2.24) is 9.97 Å². The average Bonchev–Trinajstić information content (AvgIpc) is 3.36. The first-order valence-corrected chi connectivity index (χ1v) is 10.9. The Labute approximate surface area is 189 Å². The number of hydrogen-bond donors (Lipinski definition) is 1. The van der Waals surface area contributed by atoms with E-state index in [2.05, 4.69) is 9.97 Å². The summed E-state index contributed by atoms with van der Waals surface area (Å²) in [6.07, 6.45) is 0. The van der Waals surface area contributed by atoms with E-state index in [1.807, 2.05) is 38.1 Å². The van der Waals surface area contributed by atoms with Crippen LogP contribution in [0.15, 0.2) is 47.8 Å². The Morgan fingerprint density at radius 2 is 1.94 bits per heavy atom. The Kier molecular flexibility index (Phi) is 5.96. The Hall–Kier alpha value is -3.65. The van der Waals surface area contributed by atoms with Crippen molar-refractivity contribution in [2.75, 3.05) is 12.0 Å². The number of anilines is 2. The van der Waals surface area contributed by atoms with Crippen LogP contribution in [0.2, 0.25) is 0 Å². The molecule has 8 heteroatoms. The van der Waals surface area contributed by atoms with E-state index in [9.17, 15) is 9.59 Å². The van der Waals surface area contributed by atoms with Crippen LogP contribution in [0.1, 0.15) is 34.2 Å². The van der Waals surface area contributed by atoms with Crippen molar-refractivity contribution < 1.29 is 19.1 Å². The van der Waals surface area contributed by atoms with Crippen LogP contribution in [0.25, 0.3) is 10.9 Å². The van der Waals surface area contributed by atoms with Crippen molar-refractivity contribution in [3.8, 4) is 5.75 Å². The summed E-state index contributed by atoms with van der Waals surface area (Å²) in [5.41, 5.74) is 4.82. The number of para-hydroxylation sites is 2. The maximum absolute atomic E-state index is 12.6. The van der Waals surface area contributed by atoms with Gasteiger partial charge in [0.2, 0.25) is 5.91 Å². The first-order valence-electron chi connectivity index (χ1n) is 10.0. The summed E-state index contributed by atoms with van der Waals surface area (Å²) in [6, 6.07) is 12.7. The van der Waals surface area contributed by atoms with Crippen LogP contribution in [0.3, 0.4) is 0 Å². The number of aryl methyl sites for hydroxylation is 2. The molecule has 2 aromatic carbocycles. The number of thiazole rings is 1. The maximum Gasteiger partial charge on any atom is 0.338 e. The Balaban J connectivity index is 1.51. The summed E-state index contributed by atoms with van der Waals surface area (Å²) in [5, 5.41) is 3.26. The Morgan fingerprint density at radius 1 is 1.16 bits per heavy atom. The summed E-state index contributed by atoms with van der Waals surface area (Å²) in [7, 11) is 1.55. The number of aromatic nitrogens is 2. The highest BCUT2D eigenvalue weighted by molar-refractivity contribution is 7.14. The molecule has 0 aliphatic heterocycles. The molecule has 0 fully saturated rings. The second kappa shape index (κ2) is 8.84. The highest BCUT2D eigenvalue weighted by atomic mass is 32.1. The van der Waals surface area contributed by atoms with E-state index in [1.165, 1.54) is 23.2 Å². The monoisotopic (exact) mass is 449 g/mol. The lowest BCUT2D eigenvalue weighted by atomic mass is 10.1. The molecule has 0 atom stereocenters. The number of benzene rings is 2. The molecule has 2 heterocycles. The highest BCUT2D eigenvalue weighted by Gasteiger charge is 2.21. The predicted molar refractivity (Wildman–Crippen MR) is 125 cm³/mol. The van der Waals surface area contributed by atoms with Gasteiger partial charge in [-0.15, -0.1) is 11.3 Å². The quantitative estimate of drug-likeness (QED) is 0.404. The lowest BCUT2D eigenvalue weighted by Crippen LogP contribution is -2.23. The zero-order valence-corrected chi connectivity index (χ0v) is 19.1. The molecule has 4 aromatic rings. The standard InChI is InChI=1S/C24H23N3O4S/c1-14-15(2)25-20-10-9-17(11-19(14)20)23(29)31-12-18-13-32-24(26-18)27(16(3)28)21-7-5-6-8-22(21)30-4/h5-11,13,25H,12H2,1-4H3. The van der Waals surface area contributed by atoms with Gasteiger partial charge >= 0.3 is 5.97 Å². The third-order valence-corrected chi connectivity index (χ3v) is 6.14. The highest BCUT2D eigenvalue weighted by Crippen LogP contribution is 2.35. The molecular weight excluding hydrogens is 426 g/mol. The van der Waals surface area contributed by atoms with Gasteiger partial charge in [0, 0.05) is 28.9 Å². The number of hydrogen-bond acceptors (Lipinski definition) is 6. The van der Waals surface area contributed by atoms with Crippen LogP contribution in [0, 0.1) is 13.8 Å². The molecule has 164 valence electrons. The fraction of sp³-hybridized carbons (Fsp3) is 0.208. The molecule has 1 N–H and O–H groups in total. The van der Waals surface area contributed by atoms with Gasteiger partial charge in [0.15, 0.2) is 5.13 Å². The summed E-state index contributed by atoms with van der Waals surface area (Å²) in [5.74, 6) is -0.0534. The number of fused-ring (bicyclic) bond motifs is 1. The number of ether oxygens (including phenoxy) is 2. The number of carbonyl (C=O) groups is 2. The number of nitrogens with one attached hydrogen (secondary N) is 1. The molecule has 0 aliphatic carbocycles. The third kappa shape index (κ3) is 4.09. The molecule has 32 heavy (non-hydrogen) atoms. The van der Waals surface area contributed by atoms with Crippen molar-refractivity contribution in [3.63, 3.8) is 0 Å². The largest absolute Gasteiger partial charge is 0.495 e. The summed E-state index contributed by atoms with van der Waals surface area (Å²) < 4.78 is 10.9. The van der Waals surface area contributed by atoms with Crippen molar-refractivity contribution in [2.45, 2.75) is 27.4 Å². The number of amides is 1. The maximum atomic E-state index is 12.6. The van der Waals surface area contributed by atoms with Crippen LogP contribution < -0.4 is 9.64 Å². The van der Waals surface area contributed by atoms with E-state index in [4.69, 9.17) is 9.47 Å². The number of methoxy groups -OCH3 is 1. The third-order valence-electron chi connectivity index (χ3n) is 5.27. The van der Waals surface area contributed by atoms with Gasteiger partial charge in [-0.1, -0.05) is 12.1 Å². The molecule has 0 saturated heterocycles. The van der Waals surface area contributed by atoms with Crippen molar-refractivity contribution in [3.05, 3.63) is 70.4 Å². The second-order valence-electron chi connectivity index (χ2n) is 7.36. The SMILES string of the molecule is COc1ccccc1N(C(C)=O)c1nc(COC(=O)c2ccc3[nH]c(C)c(C)c3c2)cs1. The Morgan fingerprint density at radius 3 is 2.69 bits per heavy atom. The summed E-state index contributed by atoms with van der Waals surface area (Å²) in [6.45, 7) is 5.50. The van der Waals surface area contributed by atoms with Crippen molar-refractivity contribution in [2.24, 2.45) is 0 Å². The normalized spacial score (nSPS) is 10.9.